The molecule has 0 bridgehead atoms. The van der Waals surface area contributed by atoms with Crippen LogP contribution in [0.1, 0.15) is 39.4 Å². The molecule has 0 saturated heterocycles. The molecule has 0 fully saturated rings. The summed E-state index contributed by atoms with van der Waals surface area (Å²) in [6.45, 7) is 0. The van der Waals surface area contributed by atoms with Gasteiger partial charge in [0.1, 0.15) is 10.8 Å². The standard InChI is InChI=1S/C27H22N4O2S2/c32-25(29-17-8-2-1-3-9-17)24-19-10-4-7-13-22(19)34-26(24)28-16-18-14-15-23(33-18)35-27-30-20-11-5-6-12-21(20)31-27/h1-3,5-6,8-9,11-12,14-16H,4,7,10,13H2,(H,29,32)(H,30,31). The van der Waals surface area contributed by atoms with Crippen molar-refractivity contribution in [1.82, 2.24) is 9.97 Å². The number of nitrogens with zero attached hydrogens (tertiary/aromatic N) is 2. The Morgan fingerprint density at radius 1 is 1.06 bits per heavy atom. The molecule has 2 aromatic carbocycles. The number of aryl methyl sites for hydroxylation is 1. The monoisotopic (exact) mass is 498 g/mol. The van der Waals surface area contributed by atoms with Crippen molar-refractivity contribution in [3.8, 4) is 0 Å². The zero-order valence-corrected chi connectivity index (χ0v) is 20.4. The summed E-state index contributed by atoms with van der Waals surface area (Å²) >= 11 is 3.04. The Morgan fingerprint density at radius 2 is 1.89 bits per heavy atom. The summed E-state index contributed by atoms with van der Waals surface area (Å²) in [6.07, 6.45) is 5.85. The second-order valence-electron chi connectivity index (χ2n) is 8.29. The average molecular weight is 499 g/mol. The number of fused-ring (bicyclic) bond motifs is 2. The molecule has 3 aromatic heterocycles. The molecule has 8 heteroatoms. The van der Waals surface area contributed by atoms with Crippen molar-refractivity contribution in [2.75, 3.05) is 5.32 Å². The van der Waals surface area contributed by atoms with E-state index < -0.39 is 0 Å². The second kappa shape index (κ2) is 9.56. The van der Waals surface area contributed by atoms with Crippen LogP contribution in [-0.4, -0.2) is 22.1 Å². The molecule has 0 unspecified atom stereocenters. The largest absolute Gasteiger partial charge is 0.448 e. The van der Waals surface area contributed by atoms with Gasteiger partial charge in [-0.15, -0.1) is 11.3 Å². The molecular formula is C27H22N4O2S2. The third-order valence-electron chi connectivity index (χ3n) is 5.89. The van der Waals surface area contributed by atoms with Crippen molar-refractivity contribution < 1.29 is 9.21 Å². The number of carbonyl (C=O) groups excluding carboxylic acids is 1. The molecule has 0 saturated carbocycles. The minimum Gasteiger partial charge on any atom is -0.448 e. The Bertz CT molecular complexity index is 1500. The van der Waals surface area contributed by atoms with E-state index in [1.54, 1.807) is 17.6 Å². The number of para-hydroxylation sites is 3. The van der Waals surface area contributed by atoms with E-state index in [0.717, 1.165) is 63.2 Å². The van der Waals surface area contributed by atoms with Crippen LogP contribution in [0.15, 0.2) is 86.4 Å². The molecule has 6 rings (SSSR count). The Kier molecular flexibility index (Phi) is 5.98. The lowest BCUT2D eigenvalue weighted by Gasteiger charge is -2.12. The van der Waals surface area contributed by atoms with Crippen LogP contribution in [-0.2, 0) is 12.8 Å². The summed E-state index contributed by atoms with van der Waals surface area (Å²) in [4.78, 5) is 27.1. The van der Waals surface area contributed by atoms with Crippen molar-refractivity contribution in [3.05, 3.63) is 88.5 Å². The van der Waals surface area contributed by atoms with Crippen molar-refractivity contribution in [2.45, 2.75) is 35.9 Å². The van der Waals surface area contributed by atoms with E-state index in [1.165, 1.54) is 16.6 Å². The van der Waals surface area contributed by atoms with E-state index in [2.05, 4.69) is 15.3 Å². The summed E-state index contributed by atoms with van der Waals surface area (Å²) in [7, 11) is 0. The zero-order valence-electron chi connectivity index (χ0n) is 18.8. The maximum atomic E-state index is 13.2. The molecule has 1 aliphatic carbocycles. The van der Waals surface area contributed by atoms with Gasteiger partial charge in [0.25, 0.3) is 5.91 Å². The van der Waals surface area contributed by atoms with Crippen molar-refractivity contribution in [1.29, 1.82) is 0 Å². The molecule has 2 N–H and O–H groups in total. The normalized spacial score (nSPS) is 13.4. The highest BCUT2D eigenvalue weighted by molar-refractivity contribution is 7.99. The molecule has 3 heterocycles. The molecule has 1 amide bonds. The second-order valence-corrected chi connectivity index (χ2v) is 10.4. The smallest absolute Gasteiger partial charge is 0.259 e. The first-order valence-corrected chi connectivity index (χ1v) is 13.1. The number of amides is 1. The van der Waals surface area contributed by atoms with Crippen LogP contribution in [0, 0.1) is 0 Å². The van der Waals surface area contributed by atoms with E-state index in [1.807, 2.05) is 66.7 Å². The van der Waals surface area contributed by atoms with Gasteiger partial charge in [0, 0.05) is 10.6 Å². The first-order valence-electron chi connectivity index (χ1n) is 11.5. The Morgan fingerprint density at radius 3 is 2.77 bits per heavy atom. The summed E-state index contributed by atoms with van der Waals surface area (Å²) in [5.41, 5.74) is 4.52. The molecule has 0 spiro atoms. The van der Waals surface area contributed by atoms with Gasteiger partial charge < -0.3 is 14.7 Å². The van der Waals surface area contributed by atoms with Crippen LogP contribution in [0.25, 0.3) is 11.0 Å². The van der Waals surface area contributed by atoms with Crippen LogP contribution >= 0.6 is 23.1 Å². The van der Waals surface area contributed by atoms with Crippen LogP contribution < -0.4 is 5.32 Å². The number of aliphatic imine (C=N–C) groups is 1. The Hall–Kier alpha value is -3.62. The minimum absolute atomic E-state index is 0.108. The maximum absolute atomic E-state index is 13.2. The molecule has 6 nitrogen and oxygen atoms in total. The third kappa shape index (κ3) is 4.67. The van der Waals surface area contributed by atoms with E-state index in [-0.39, 0.29) is 5.91 Å². The highest BCUT2D eigenvalue weighted by atomic mass is 32.2. The van der Waals surface area contributed by atoms with Gasteiger partial charge in [-0.05, 0) is 79.4 Å². The number of rotatable bonds is 6. The quantitative estimate of drug-likeness (QED) is 0.242. The van der Waals surface area contributed by atoms with Gasteiger partial charge in [-0.25, -0.2) is 9.98 Å². The van der Waals surface area contributed by atoms with Crippen molar-refractivity contribution in [2.24, 2.45) is 4.99 Å². The van der Waals surface area contributed by atoms with E-state index in [4.69, 9.17) is 9.41 Å². The molecule has 0 radical (unpaired) electrons. The SMILES string of the molecule is O=C(Nc1ccccc1)c1c(N=Cc2ccc(Sc3nc4ccccc4[nH]3)o2)sc2c1CCCC2. The van der Waals surface area contributed by atoms with Gasteiger partial charge in [-0.1, -0.05) is 30.3 Å². The number of carbonyl (C=O) groups is 1. The third-order valence-corrected chi connectivity index (χ3v) is 7.89. The lowest BCUT2D eigenvalue weighted by Crippen LogP contribution is -2.14. The first kappa shape index (κ1) is 21.9. The molecule has 5 aromatic rings. The number of nitrogens with one attached hydrogen (secondary N) is 2. The molecular weight excluding hydrogens is 476 g/mol. The highest BCUT2D eigenvalue weighted by Gasteiger charge is 2.25. The van der Waals surface area contributed by atoms with Crippen LogP contribution in [0.4, 0.5) is 10.7 Å². The number of aromatic nitrogens is 2. The fourth-order valence-corrected chi connectivity index (χ4v) is 6.25. The lowest BCUT2D eigenvalue weighted by atomic mass is 9.95. The topological polar surface area (TPSA) is 83.3 Å². The van der Waals surface area contributed by atoms with E-state index in [9.17, 15) is 4.79 Å². The summed E-state index contributed by atoms with van der Waals surface area (Å²) in [5, 5.41) is 5.26. The Labute approximate surface area is 210 Å². The summed E-state index contributed by atoms with van der Waals surface area (Å²) in [5.74, 6) is 0.521. The highest BCUT2D eigenvalue weighted by Crippen LogP contribution is 2.40. The predicted molar refractivity (Wildman–Crippen MR) is 142 cm³/mol. The van der Waals surface area contributed by atoms with Crippen molar-refractivity contribution in [3.63, 3.8) is 0 Å². The molecule has 0 atom stereocenters. The number of anilines is 1. The fourth-order valence-electron chi connectivity index (χ4n) is 4.25. The van der Waals surface area contributed by atoms with Gasteiger partial charge in [0.2, 0.25) is 0 Å². The van der Waals surface area contributed by atoms with E-state index >= 15 is 0 Å². The average Bonchev–Trinajstić information content (AvgIpc) is 3.59. The van der Waals surface area contributed by atoms with Crippen LogP contribution in [0.2, 0.25) is 0 Å². The predicted octanol–water partition coefficient (Wildman–Crippen LogP) is 7.25. The molecule has 35 heavy (non-hydrogen) atoms. The van der Waals surface area contributed by atoms with Gasteiger partial charge in [-0.3, -0.25) is 4.79 Å². The van der Waals surface area contributed by atoms with Crippen LogP contribution in [0.3, 0.4) is 0 Å². The lowest BCUT2D eigenvalue weighted by molar-refractivity contribution is 0.102. The Balaban J connectivity index is 1.24. The zero-order chi connectivity index (χ0) is 23.6. The summed E-state index contributed by atoms with van der Waals surface area (Å²) < 4.78 is 5.96. The van der Waals surface area contributed by atoms with Crippen LogP contribution in [0.5, 0.6) is 0 Å². The minimum atomic E-state index is -0.108. The number of hydrogen-bond acceptors (Lipinski definition) is 6. The number of furan rings is 1. The number of imidazole rings is 1. The van der Waals surface area contributed by atoms with E-state index in [0.29, 0.717) is 11.3 Å². The number of aromatic amines is 1. The number of H-pyrrole nitrogens is 1. The fraction of sp³-hybridized carbons (Fsp3) is 0.148. The van der Waals surface area contributed by atoms with Gasteiger partial charge >= 0.3 is 0 Å². The van der Waals surface area contributed by atoms with Gasteiger partial charge in [-0.2, -0.15) is 0 Å². The first-order chi connectivity index (χ1) is 17.2. The maximum Gasteiger partial charge on any atom is 0.259 e. The molecule has 174 valence electrons. The number of thiophene rings is 1. The molecule has 0 aliphatic heterocycles. The van der Waals surface area contributed by atoms with Gasteiger partial charge in [0.15, 0.2) is 10.2 Å². The van der Waals surface area contributed by atoms with Crippen molar-refractivity contribution >= 4 is 56.9 Å². The summed E-state index contributed by atoms with van der Waals surface area (Å²) in [6, 6.07) is 21.2. The number of hydrogen-bond donors (Lipinski definition) is 2. The number of benzene rings is 2. The molecule has 1 aliphatic rings. The van der Waals surface area contributed by atoms with Gasteiger partial charge in [0.05, 0.1) is 22.8 Å².